The van der Waals surface area contributed by atoms with Gasteiger partial charge in [0.1, 0.15) is 11.4 Å². The van der Waals surface area contributed by atoms with Gasteiger partial charge < -0.3 is 9.52 Å². The fourth-order valence-corrected chi connectivity index (χ4v) is 2.38. The van der Waals surface area contributed by atoms with Crippen molar-refractivity contribution in [1.82, 2.24) is 0 Å². The fourth-order valence-electron chi connectivity index (χ4n) is 2.15. The lowest BCUT2D eigenvalue weighted by molar-refractivity contribution is 0.0666. The van der Waals surface area contributed by atoms with Crippen molar-refractivity contribution < 1.29 is 18.7 Å². The van der Waals surface area contributed by atoms with E-state index in [0.29, 0.717) is 21.6 Å². The van der Waals surface area contributed by atoms with Crippen molar-refractivity contribution in [3.63, 3.8) is 0 Å². The standard InChI is InChI=1S/C15H8ClFO3/c16-11-4-2-1-3-9(11)13-10-7-8(17)5-6-12(10)20-14(13)15(18)19/h1-7H,(H,18,19). The van der Waals surface area contributed by atoms with Crippen molar-refractivity contribution >= 4 is 28.5 Å². The predicted octanol–water partition coefficient (Wildman–Crippen LogP) is 4.59. The monoisotopic (exact) mass is 290 g/mol. The summed E-state index contributed by atoms with van der Waals surface area (Å²) in [5, 5.41) is 10.0. The van der Waals surface area contributed by atoms with E-state index < -0.39 is 11.8 Å². The molecule has 0 aliphatic rings. The van der Waals surface area contributed by atoms with E-state index in [-0.39, 0.29) is 11.3 Å². The molecule has 0 aliphatic heterocycles. The minimum atomic E-state index is -1.23. The topological polar surface area (TPSA) is 50.4 Å². The van der Waals surface area contributed by atoms with Gasteiger partial charge in [-0.1, -0.05) is 29.8 Å². The average Bonchev–Trinajstić information content (AvgIpc) is 2.78. The van der Waals surface area contributed by atoms with Crippen LogP contribution in [0.1, 0.15) is 10.6 Å². The second-order valence-electron chi connectivity index (χ2n) is 4.23. The number of halogens is 2. The fraction of sp³-hybridized carbons (Fsp3) is 0. The summed E-state index contributed by atoms with van der Waals surface area (Å²) in [6.45, 7) is 0. The normalized spacial score (nSPS) is 10.9. The van der Waals surface area contributed by atoms with Gasteiger partial charge in [0.25, 0.3) is 0 Å². The lowest BCUT2D eigenvalue weighted by Gasteiger charge is -2.03. The predicted molar refractivity (Wildman–Crippen MR) is 73.6 cm³/mol. The van der Waals surface area contributed by atoms with E-state index in [0.717, 1.165) is 0 Å². The number of furan rings is 1. The Kier molecular flexibility index (Phi) is 2.95. The molecule has 0 aliphatic carbocycles. The summed E-state index contributed by atoms with van der Waals surface area (Å²) in [5.41, 5.74) is 1.09. The van der Waals surface area contributed by atoms with Crippen LogP contribution in [0.2, 0.25) is 5.02 Å². The van der Waals surface area contributed by atoms with Gasteiger partial charge in [0.15, 0.2) is 0 Å². The molecule has 3 rings (SSSR count). The first-order chi connectivity index (χ1) is 9.58. The third-order valence-electron chi connectivity index (χ3n) is 2.99. The number of carboxylic acid groups (broad SMARTS) is 1. The van der Waals surface area contributed by atoms with Crippen LogP contribution in [0.25, 0.3) is 22.1 Å². The highest BCUT2D eigenvalue weighted by Crippen LogP contribution is 2.38. The molecule has 3 aromatic rings. The lowest BCUT2D eigenvalue weighted by Crippen LogP contribution is -1.96. The molecule has 0 fully saturated rings. The number of aromatic carboxylic acids is 1. The molecule has 1 heterocycles. The van der Waals surface area contributed by atoms with Crippen molar-refractivity contribution in [2.24, 2.45) is 0 Å². The molecular weight excluding hydrogens is 283 g/mol. The van der Waals surface area contributed by atoms with Gasteiger partial charge in [-0.05, 0) is 24.3 Å². The zero-order chi connectivity index (χ0) is 14.3. The number of fused-ring (bicyclic) bond motifs is 1. The molecular formula is C15H8ClFO3. The molecule has 0 radical (unpaired) electrons. The van der Waals surface area contributed by atoms with Crippen LogP contribution in [0.3, 0.4) is 0 Å². The number of carbonyl (C=O) groups is 1. The van der Waals surface area contributed by atoms with Gasteiger partial charge in [0.2, 0.25) is 5.76 Å². The van der Waals surface area contributed by atoms with Gasteiger partial charge in [0.05, 0.1) is 0 Å². The lowest BCUT2D eigenvalue weighted by atomic mass is 10.0. The first-order valence-electron chi connectivity index (χ1n) is 5.78. The Balaban J connectivity index is 2.43. The Morgan fingerprint density at radius 2 is 1.95 bits per heavy atom. The van der Waals surface area contributed by atoms with Crippen molar-refractivity contribution in [1.29, 1.82) is 0 Å². The molecule has 0 atom stereocenters. The zero-order valence-electron chi connectivity index (χ0n) is 10.1. The van der Waals surface area contributed by atoms with Gasteiger partial charge >= 0.3 is 5.97 Å². The molecule has 20 heavy (non-hydrogen) atoms. The SMILES string of the molecule is O=C(O)c1oc2ccc(F)cc2c1-c1ccccc1Cl. The molecule has 100 valence electrons. The summed E-state index contributed by atoms with van der Waals surface area (Å²) in [6.07, 6.45) is 0. The summed E-state index contributed by atoms with van der Waals surface area (Å²) in [4.78, 5) is 11.3. The molecule has 1 aromatic heterocycles. The van der Waals surface area contributed by atoms with Crippen LogP contribution < -0.4 is 0 Å². The molecule has 1 N–H and O–H groups in total. The second kappa shape index (κ2) is 4.65. The quantitative estimate of drug-likeness (QED) is 0.751. The van der Waals surface area contributed by atoms with Crippen LogP contribution in [-0.4, -0.2) is 11.1 Å². The highest BCUT2D eigenvalue weighted by molar-refractivity contribution is 6.34. The van der Waals surface area contributed by atoms with E-state index in [2.05, 4.69) is 0 Å². The third-order valence-corrected chi connectivity index (χ3v) is 3.32. The second-order valence-corrected chi connectivity index (χ2v) is 4.64. The van der Waals surface area contributed by atoms with Crippen LogP contribution >= 0.6 is 11.6 Å². The molecule has 0 bridgehead atoms. The van der Waals surface area contributed by atoms with Crippen LogP contribution in [0, 0.1) is 5.82 Å². The Morgan fingerprint density at radius 1 is 1.20 bits per heavy atom. The Morgan fingerprint density at radius 3 is 2.65 bits per heavy atom. The van der Waals surface area contributed by atoms with E-state index in [1.54, 1.807) is 24.3 Å². The minimum Gasteiger partial charge on any atom is -0.475 e. The highest BCUT2D eigenvalue weighted by atomic mass is 35.5. The number of hydrogen-bond acceptors (Lipinski definition) is 2. The van der Waals surface area contributed by atoms with E-state index >= 15 is 0 Å². The Bertz CT molecular complexity index is 823. The Labute approximate surface area is 118 Å². The number of carboxylic acids is 1. The largest absolute Gasteiger partial charge is 0.475 e. The van der Waals surface area contributed by atoms with Gasteiger partial charge in [-0.3, -0.25) is 0 Å². The van der Waals surface area contributed by atoms with Crippen LogP contribution in [0.5, 0.6) is 0 Å². The van der Waals surface area contributed by atoms with E-state index in [4.69, 9.17) is 16.0 Å². The van der Waals surface area contributed by atoms with E-state index in [1.807, 2.05) is 0 Å². The maximum absolute atomic E-state index is 13.4. The Hall–Kier alpha value is -2.33. The first-order valence-corrected chi connectivity index (χ1v) is 6.16. The summed E-state index contributed by atoms with van der Waals surface area (Å²) >= 11 is 6.10. The smallest absolute Gasteiger partial charge is 0.372 e. The van der Waals surface area contributed by atoms with Crippen molar-refractivity contribution in [2.45, 2.75) is 0 Å². The summed E-state index contributed by atoms with van der Waals surface area (Å²) in [7, 11) is 0. The van der Waals surface area contributed by atoms with E-state index in [9.17, 15) is 14.3 Å². The molecule has 0 unspecified atom stereocenters. The van der Waals surface area contributed by atoms with Gasteiger partial charge in [-0.2, -0.15) is 0 Å². The number of rotatable bonds is 2. The average molecular weight is 291 g/mol. The summed E-state index contributed by atoms with van der Waals surface area (Å²) < 4.78 is 18.7. The first kappa shape index (κ1) is 12.7. The number of hydrogen-bond donors (Lipinski definition) is 1. The highest BCUT2D eigenvalue weighted by Gasteiger charge is 2.23. The van der Waals surface area contributed by atoms with Gasteiger partial charge in [-0.15, -0.1) is 0 Å². The van der Waals surface area contributed by atoms with Crippen molar-refractivity contribution in [3.05, 3.63) is 59.1 Å². The zero-order valence-corrected chi connectivity index (χ0v) is 10.8. The molecule has 0 amide bonds. The van der Waals surface area contributed by atoms with Crippen LogP contribution in [0.15, 0.2) is 46.9 Å². The summed E-state index contributed by atoms with van der Waals surface area (Å²) in [5.74, 6) is -1.95. The molecule has 5 heteroatoms. The molecule has 2 aromatic carbocycles. The van der Waals surface area contributed by atoms with Crippen molar-refractivity contribution in [2.75, 3.05) is 0 Å². The number of benzene rings is 2. The third kappa shape index (κ3) is 1.94. The van der Waals surface area contributed by atoms with Crippen molar-refractivity contribution in [3.8, 4) is 11.1 Å². The molecule has 0 saturated heterocycles. The maximum Gasteiger partial charge on any atom is 0.372 e. The molecule has 3 nitrogen and oxygen atoms in total. The maximum atomic E-state index is 13.4. The summed E-state index contributed by atoms with van der Waals surface area (Å²) in [6, 6.07) is 10.6. The minimum absolute atomic E-state index is 0.251. The van der Waals surface area contributed by atoms with Gasteiger partial charge in [0, 0.05) is 21.5 Å². The molecule has 0 spiro atoms. The molecule has 0 saturated carbocycles. The van der Waals surface area contributed by atoms with E-state index in [1.165, 1.54) is 18.2 Å². The van der Waals surface area contributed by atoms with Crippen LogP contribution in [-0.2, 0) is 0 Å². The van der Waals surface area contributed by atoms with Crippen LogP contribution in [0.4, 0.5) is 4.39 Å². The van der Waals surface area contributed by atoms with Gasteiger partial charge in [-0.25, -0.2) is 9.18 Å².